The maximum Gasteiger partial charge on any atom is 0.325 e. The number of amides is 3. The van der Waals surface area contributed by atoms with Crippen molar-refractivity contribution in [3.8, 4) is 0 Å². The number of hydrogen-bond donors (Lipinski definition) is 1. The summed E-state index contributed by atoms with van der Waals surface area (Å²) in [5.74, 6) is -1.30. The van der Waals surface area contributed by atoms with Gasteiger partial charge in [-0.3, -0.25) is 14.5 Å². The quantitative estimate of drug-likeness (QED) is 0.554. The van der Waals surface area contributed by atoms with E-state index in [2.05, 4.69) is 5.32 Å². The third-order valence-corrected chi connectivity index (χ3v) is 5.14. The first kappa shape index (κ1) is 20.0. The van der Waals surface area contributed by atoms with Crippen molar-refractivity contribution in [2.75, 3.05) is 6.54 Å². The molecule has 2 aromatic carbocycles. The second-order valence-electron chi connectivity index (χ2n) is 6.77. The first-order chi connectivity index (χ1) is 13.4. The van der Waals surface area contributed by atoms with Gasteiger partial charge in [0.2, 0.25) is 0 Å². The van der Waals surface area contributed by atoms with Crippen LogP contribution in [0.5, 0.6) is 0 Å². The van der Waals surface area contributed by atoms with Gasteiger partial charge in [0, 0.05) is 10.6 Å². The van der Waals surface area contributed by atoms with Gasteiger partial charge in [-0.05, 0) is 48.4 Å². The SMILES string of the molecule is CCCC[C@@]1(c2ccc(F)cc2)NC(=O)N(CC(=O)c2ccc(Cl)cc2)C1=O. The molecule has 3 amide bonds. The molecule has 146 valence electrons. The van der Waals surface area contributed by atoms with E-state index in [9.17, 15) is 18.8 Å². The van der Waals surface area contributed by atoms with Crippen LogP contribution in [0, 0.1) is 5.82 Å². The number of rotatable bonds is 7. The smallest absolute Gasteiger partial charge is 0.319 e. The average molecular weight is 403 g/mol. The summed E-state index contributed by atoms with van der Waals surface area (Å²) in [5, 5.41) is 3.23. The lowest BCUT2D eigenvalue weighted by Crippen LogP contribution is -2.44. The van der Waals surface area contributed by atoms with Crippen LogP contribution < -0.4 is 5.32 Å². The molecule has 2 aromatic rings. The van der Waals surface area contributed by atoms with Crippen LogP contribution in [-0.4, -0.2) is 29.2 Å². The van der Waals surface area contributed by atoms with Crippen LogP contribution in [0.4, 0.5) is 9.18 Å². The summed E-state index contributed by atoms with van der Waals surface area (Å²) in [7, 11) is 0. The highest BCUT2D eigenvalue weighted by molar-refractivity contribution is 6.30. The molecular weight excluding hydrogens is 383 g/mol. The summed E-state index contributed by atoms with van der Waals surface area (Å²) in [6.07, 6.45) is 1.86. The van der Waals surface area contributed by atoms with E-state index in [1.165, 1.54) is 24.3 Å². The topological polar surface area (TPSA) is 66.5 Å². The fourth-order valence-corrected chi connectivity index (χ4v) is 3.45. The molecule has 1 N–H and O–H groups in total. The van der Waals surface area contributed by atoms with E-state index in [4.69, 9.17) is 11.6 Å². The Balaban J connectivity index is 1.89. The predicted octanol–water partition coefficient (Wildman–Crippen LogP) is 4.30. The number of halogens is 2. The van der Waals surface area contributed by atoms with E-state index in [1.54, 1.807) is 24.3 Å². The predicted molar refractivity (Wildman–Crippen MR) is 104 cm³/mol. The van der Waals surface area contributed by atoms with Gasteiger partial charge in [0.15, 0.2) is 5.78 Å². The second-order valence-corrected chi connectivity index (χ2v) is 7.20. The van der Waals surface area contributed by atoms with E-state index >= 15 is 0 Å². The number of nitrogens with one attached hydrogen (secondary N) is 1. The second kappa shape index (κ2) is 8.10. The van der Waals surface area contributed by atoms with Crippen LogP contribution in [0.3, 0.4) is 0 Å². The van der Waals surface area contributed by atoms with Crippen molar-refractivity contribution in [3.05, 3.63) is 70.5 Å². The molecule has 1 aliphatic rings. The number of carbonyl (C=O) groups excluding carboxylic acids is 3. The van der Waals surface area contributed by atoms with Crippen molar-refractivity contribution in [1.82, 2.24) is 10.2 Å². The molecule has 5 nitrogen and oxygen atoms in total. The van der Waals surface area contributed by atoms with Gasteiger partial charge in [-0.15, -0.1) is 0 Å². The molecule has 0 unspecified atom stereocenters. The largest absolute Gasteiger partial charge is 0.325 e. The zero-order valence-corrected chi connectivity index (χ0v) is 16.1. The Bertz CT molecular complexity index is 899. The average Bonchev–Trinajstić information content (AvgIpc) is 2.92. The minimum absolute atomic E-state index is 0.359. The lowest BCUT2D eigenvalue weighted by molar-refractivity contribution is -0.131. The third kappa shape index (κ3) is 3.78. The van der Waals surface area contributed by atoms with Gasteiger partial charge in [0.25, 0.3) is 5.91 Å². The van der Waals surface area contributed by atoms with E-state index in [0.717, 1.165) is 11.3 Å². The normalized spacial score (nSPS) is 19.0. The molecule has 1 fully saturated rings. The molecule has 7 heteroatoms. The monoisotopic (exact) mass is 402 g/mol. The zero-order chi connectivity index (χ0) is 20.3. The minimum Gasteiger partial charge on any atom is -0.319 e. The van der Waals surface area contributed by atoms with Gasteiger partial charge in [-0.2, -0.15) is 0 Å². The molecule has 0 radical (unpaired) electrons. The van der Waals surface area contributed by atoms with Crippen molar-refractivity contribution in [1.29, 1.82) is 0 Å². The number of imide groups is 1. The molecule has 28 heavy (non-hydrogen) atoms. The van der Waals surface area contributed by atoms with Gasteiger partial charge < -0.3 is 5.32 Å². The zero-order valence-electron chi connectivity index (χ0n) is 15.4. The highest BCUT2D eigenvalue weighted by Gasteiger charge is 2.52. The van der Waals surface area contributed by atoms with Crippen molar-refractivity contribution in [2.45, 2.75) is 31.7 Å². The lowest BCUT2D eigenvalue weighted by Gasteiger charge is -2.27. The molecule has 0 spiro atoms. The number of ketones is 1. The number of unbranched alkanes of at least 4 members (excludes halogenated alkanes) is 1. The van der Waals surface area contributed by atoms with Crippen molar-refractivity contribution in [3.63, 3.8) is 0 Å². The van der Waals surface area contributed by atoms with Gasteiger partial charge in [-0.25, -0.2) is 9.18 Å². The Labute approximate surface area is 167 Å². The van der Waals surface area contributed by atoms with Crippen LogP contribution in [0.15, 0.2) is 48.5 Å². The maximum atomic E-state index is 13.4. The molecule has 0 aromatic heterocycles. The number of Topliss-reactive ketones (excluding diaryl/α,β-unsaturated/α-hetero) is 1. The number of urea groups is 1. The Morgan fingerprint density at radius 2 is 1.75 bits per heavy atom. The number of hydrogen-bond acceptors (Lipinski definition) is 3. The molecule has 3 rings (SSSR count). The van der Waals surface area contributed by atoms with Crippen molar-refractivity contribution < 1.29 is 18.8 Å². The summed E-state index contributed by atoms with van der Waals surface area (Å²) in [6.45, 7) is 1.60. The Morgan fingerprint density at radius 1 is 1.11 bits per heavy atom. The summed E-state index contributed by atoms with van der Waals surface area (Å²) in [5.41, 5.74) is -0.430. The summed E-state index contributed by atoms with van der Waals surface area (Å²) < 4.78 is 13.4. The Kier molecular flexibility index (Phi) is 5.79. The molecule has 0 bridgehead atoms. The van der Waals surface area contributed by atoms with E-state index in [1.807, 2.05) is 6.92 Å². The summed E-state index contributed by atoms with van der Waals surface area (Å²) in [4.78, 5) is 39.3. The standard InChI is InChI=1S/C21H20ClFN2O3/c1-2-3-12-21(15-6-10-17(23)11-7-15)19(27)25(20(28)24-21)13-18(26)14-4-8-16(22)9-5-14/h4-11H,2-3,12-13H2,1H3,(H,24,28)/t21-/m0/s1. The van der Waals surface area contributed by atoms with Crippen LogP contribution in [0.1, 0.15) is 42.1 Å². The fourth-order valence-electron chi connectivity index (χ4n) is 3.33. The Morgan fingerprint density at radius 3 is 2.36 bits per heavy atom. The third-order valence-electron chi connectivity index (χ3n) is 4.89. The number of benzene rings is 2. The van der Waals surface area contributed by atoms with Gasteiger partial charge >= 0.3 is 6.03 Å². The van der Waals surface area contributed by atoms with E-state index in [0.29, 0.717) is 29.0 Å². The molecule has 1 aliphatic heterocycles. The van der Waals surface area contributed by atoms with Crippen LogP contribution in [0.2, 0.25) is 5.02 Å². The van der Waals surface area contributed by atoms with Crippen LogP contribution in [0.25, 0.3) is 0 Å². The number of carbonyl (C=O) groups is 3. The molecule has 1 heterocycles. The van der Waals surface area contributed by atoms with E-state index < -0.39 is 23.3 Å². The molecule has 0 saturated carbocycles. The van der Waals surface area contributed by atoms with Gasteiger partial charge in [0.05, 0.1) is 6.54 Å². The summed E-state index contributed by atoms with van der Waals surface area (Å²) in [6, 6.07) is 11.1. The first-order valence-electron chi connectivity index (χ1n) is 9.06. The first-order valence-corrected chi connectivity index (χ1v) is 9.44. The van der Waals surface area contributed by atoms with Gasteiger partial charge in [-0.1, -0.05) is 43.5 Å². The highest BCUT2D eigenvalue weighted by atomic mass is 35.5. The summed E-state index contributed by atoms with van der Waals surface area (Å²) >= 11 is 5.83. The Hall–Kier alpha value is -2.73. The molecule has 1 atom stereocenters. The number of nitrogens with zero attached hydrogens (tertiary/aromatic N) is 1. The lowest BCUT2D eigenvalue weighted by atomic mass is 9.84. The molecule has 0 aliphatic carbocycles. The maximum absolute atomic E-state index is 13.4. The molecule has 1 saturated heterocycles. The van der Waals surface area contributed by atoms with Crippen molar-refractivity contribution in [2.24, 2.45) is 0 Å². The van der Waals surface area contributed by atoms with Crippen LogP contribution in [-0.2, 0) is 10.3 Å². The minimum atomic E-state index is -1.29. The molecular formula is C21H20ClFN2O3. The van der Waals surface area contributed by atoms with Gasteiger partial charge in [0.1, 0.15) is 11.4 Å². The fraction of sp³-hybridized carbons (Fsp3) is 0.286. The van der Waals surface area contributed by atoms with Crippen LogP contribution >= 0.6 is 11.6 Å². The highest BCUT2D eigenvalue weighted by Crippen LogP contribution is 2.34. The van der Waals surface area contributed by atoms with E-state index in [-0.39, 0.29) is 12.3 Å². The van der Waals surface area contributed by atoms with Crippen molar-refractivity contribution >= 4 is 29.3 Å².